The Bertz CT molecular complexity index is 921. The highest BCUT2D eigenvalue weighted by Gasteiger charge is 2.20. The molecule has 1 saturated heterocycles. The zero-order chi connectivity index (χ0) is 21.4. The molecule has 0 saturated carbocycles. The number of ether oxygens (including phenoxy) is 2. The van der Waals surface area contributed by atoms with Gasteiger partial charge >= 0.3 is 0 Å². The minimum atomic E-state index is -3.62. The molecular weight excluding hydrogens is 404 g/mol. The maximum atomic E-state index is 12.4. The first-order valence-electron chi connectivity index (χ1n) is 10.2. The van der Waals surface area contributed by atoms with E-state index < -0.39 is 10.0 Å². The summed E-state index contributed by atoms with van der Waals surface area (Å²) in [4.78, 5) is 12.6. The van der Waals surface area contributed by atoms with Gasteiger partial charge in [0.1, 0.15) is 5.75 Å². The summed E-state index contributed by atoms with van der Waals surface area (Å²) in [5.41, 5.74) is 1.01. The van der Waals surface area contributed by atoms with Crippen molar-refractivity contribution in [1.29, 1.82) is 0 Å². The fourth-order valence-electron chi connectivity index (χ4n) is 3.05. The van der Waals surface area contributed by atoms with Gasteiger partial charge in [-0.1, -0.05) is 13.3 Å². The standard InChI is InChI=1S/C22H28N2O5S/c1-2-3-14-28-19-10-6-17(7-11-19)22(25)24-18-8-12-21(13-9-18)30(26,27)23-16-20-5-4-15-29-20/h6-13,20,23H,2-5,14-16H2,1H3,(H,24,25). The van der Waals surface area contributed by atoms with Gasteiger partial charge in [0, 0.05) is 24.4 Å². The zero-order valence-corrected chi connectivity index (χ0v) is 17.9. The Labute approximate surface area is 177 Å². The van der Waals surface area contributed by atoms with Gasteiger partial charge in [-0.05, 0) is 67.8 Å². The number of carbonyl (C=O) groups is 1. The fourth-order valence-corrected chi connectivity index (χ4v) is 4.12. The van der Waals surface area contributed by atoms with Crippen molar-refractivity contribution in [3.63, 3.8) is 0 Å². The number of carbonyl (C=O) groups excluding carboxylic acids is 1. The van der Waals surface area contributed by atoms with Crippen molar-refractivity contribution in [2.24, 2.45) is 0 Å². The molecule has 3 rings (SSSR count). The van der Waals surface area contributed by atoms with Crippen LogP contribution in [0.15, 0.2) is 53.4 Å². The summed E-state index contributed by atoms with van der Waals surface area (Å²) < 4.78 is 38.4. The SMILES string of the molecule is CCCCOc1ccc(C(=O)Nc2ccc(S(=O)(=O)NCC3CCCO3)cc2)cc1. The Morgan fingerprint density at radius 2 is 1.87 bits per heavy atom. The van der Waals surface area contributed by atoms with E-state index in [1.807, 2.05) is 0 Å². The molecule has 1 aliphatic rings. The number of rotatable bonds is 10. The van der Waals surface area contributed by atoms with Crippen LogP contribution in [0.25, 0.3) is 0 Å². The quantitative estimate of drug-likeness (QED) is 0.560. The van der Waals surface area contributed by atoms with E-state index in [2.05, 4.69) is 17.0 Å². The van der Waals surface area contributed by atoms with E-state index in [-0.39, 0.29) is 23.5 Å². The molecule has 1 unspecified atom stereocenters. The molecule has 2 N–H and O–H groups in total. The third-order valence-electron chi connectivity index (χ3n) is 4.83. The van der Waals surface area contributed by atoms with E-state index in [0.717, 1.165) is 31.4 Å². The molecule has 0 aromatic heterocycles. The first-order valence-corrected chi connectivity index (χ1v) is 11.7. The normalized spacial score (nSPS) is 16.4. The van der Waals surface area contributed by atoms with Crippen LogP contribution in [0.3, 0.4) is 0 Å². The highest BCUT2D eigenvalue weighted by Crippen LogP contribution is 2.18. The predicted octanol–water partition coefficient (Wildman–Crippen LogP) is 3.58. The molecule has 2 aromatic rings. The molecule has 30 heavy (non-hydrogen) atoms. The maximum Gasteiger partial charge on any atom is 0.255 e. The summed E-state index contributed by atoms with van der Waals surface area (Å²) in [7, 11) is -3.62. The van der Waals surface area contributed by atoms with Gasteiger partial charge in [-0.25, -0.2) is 13.1 Å². The molecule has 1 aliphatic heterocycles. The van der Waals surface area contributed by atoms with Gasteiger partial charge < -0.3 is 14.8 Å². The lowest BCUT2D eigenvalue weighted by atomic mass is 10.2. The first-order chi connectivity index (χ1) is 14.5. The number of sulfonamides is 1. The van der Waals surface area contributed by atoms with E-state index in [1.54, 1.807) is 36.4 Å². The summed E-state index contributed by atoms with van der Waals surface area (Å²) in [6.07, 6.45) is 3.79. The van der Waals surface area contributed by atoms with Crippen LogP contribution >= 0.6 is 0 Å². The monoisotopic (exact) mass is 432 g/mol. The summed E-state index contributed by atoms with van der Waals surface area (Å²) in [6, 6.07) is 13.0. The second-order valence-electron chi connectivity index (χ2n) is 7.19. The molecule has 8 heteroatoms. The lowest BCUT2D eigenvalue weighted by Gasteiger charge is -2.12. The van der Waals surface area contributed by atoms with Crippen molar-refractivity contribution in [3.8, 4) is 5.75 Å². The summed E-state index contributed by atoms with van der Waals surface area (Å²) in [5, 5.41) is 2.77. The van der Waals surface area contributed by atoms with Crippen molar-refractivity contribution in [3.05, 3.63) is 54.1 Å². The van der Waals surface area contributed by atoms with E-state index in [4.69, 9.17) is 9.47 Å². The molecule has 1 atom stereocenters. The van der Waals surface area contributed by atoms with Crippen LogP contribution in [0, 0.1) is 0 Å². The molecule has 0 radical (unpaired) electrons. The maximum absolute atomic E-state index is 12.4. The summed E-state index contributed by atoms with van der Waals surface area (Å²) >= 11 is 0. The van der Waals surface area contributed by atoms with Gasteiger partial charge in [-0.3, -0.25) is 4.79 Å². The summed E-state index contributed by atoms with van der Waals surface area (Å²) in [6.45, 7) is 3.69. The Morgan fingerprint density at radius 3 is 2.50 bits per heavy atom. The molecule has 0 aliphatic carbocycles. The number of anilines is 1. The van der Waals surface area contributed by atoms with Crippen LogP contribution in [0.2, 0.25) is 0 Å². The molecule has 1 amide bonds. The van der Waals surface area contributed by atoms with Crippen molar-refractivity contribution in [2.45, 2.75) is 43.6 Å². The third-order valence-corrected chi connectivity index (χ3v) is 6.27. The van der Waals surface area contributed by atoms with Gasteiger partial charge in [0.15, 0.2) is 0 Å². The average molecular weight is 433 g/mol. The Balaban J connectivity index is 1.54. The van der Waals surface area contributed by atoms with Crippen molar-refractivity contribution < 1.29 is 22.7 Å². The second kappa shape index (κ2) is 10.6. The van der Waals surface area contributed by atoms with E-state index >= 15 is 0 Å². The van der Waals surface area contributed by atoms with Gasteiger partial charge in [0.25, 0.3) is 5.91 Å². The van der Waals surface area contributed by atoms with Crippen molar-refractivity contribution >= 4 is 21.6 Å². The van der Waals surface area contributed by atoms with Gasteiger partial charge in [-0.2, -0.15) is 0 Å². The largest absolute Gasteiger partial charge is 0.494 e. The Hall–Kier alpha value is -2.42. The third kappa shape index (κ3) is 6.29. The number of unbranched alkanes of at least 4 members (excludes halogenated alkanes) is 1. The molecular formula is C22H28N2O5S. The van der Waals surface area contributed by atoms with Crippen LogP contribution in [0.5, 0.6) is 5.75 Å². The smallest absolute Gasteiger partial charge is 0.255 e. The first kappa shape index (κ1) is 22.3. The molecule has 2 aromatic carbocycles. The van der Waals surface area contributed by atoms with Crippen LogP contribution in [-0.4, -0.2) is 40.2 Å². The van der Waals surface area contributed by atoms with Crippen LogP contribution in [0.4, 0.5) is 5.69 Å². The lowest BCUT2D eigenvalue weighted by molar-refractivity contribution is 0.102. The minimum absolute atomic E-state index is 0.0678. The van der Waals surface area contributed by atoms with Gasteiger partial charge in [0.2, 0.25) is 10.0 Å². The molecule has 162 valence electrons. The number of amides is 1. The van der Waals surface area contributed by atoms with E-state index in [9.17, 15) is 13.2 Å². The number of nitrogens with one attached hydrogen (secondary N) is 2. The van der Waals surface area contributed by atoms with Crippen molar-refractivity contribution in [1.82, 2.24) is 4.72 Å². The van der Waals surface area contributed by atoms with E-state index in [0.29, 0.717) is 24.5 Å². The Kier molecular flexibility index (Phi) is 7.84. The second-order valence-corrected chi connectivity index (χ2v) is 8.96. The molecule has 7 nitrogen and oxygen atoms in total. The molecule has 0 bridgehead atoms. The highest BCUT2D eigenvalue weighted by atomic mass is 32.2. The molecule has 1 fully saturated rings. The Morgan fingerprint density at radius 1 is 1.13 bits per heavy atom. The lowest BCUT2D eigenvalue weighted by Crippen LogP contribution is -2.31. The number of benzene rings is 2. The molecule has 0 spiro atoms. The topological polar surface area (TPSA) is 93.7 Å². The zero-order valence-electron chi connectivity index (χ0n) is 17.1. The fraction of sp³-hybridized carbons (Fsp3) is 0.409. The van der Waals surface area contributed by atoms with Crippen LogP contribution in [-0.2, 0) is 14.8 Å². The van der Waals surface area contributed by atoms with E-state index in [1.165, 1.54) is 12.1 Å². The predicted molar refractivity (Wildman–Crippen MR) is 115 cm³/mol. The summed E-state index contributed by atoms with van der Waals surface area (Å²) in [5.74, 6) is 0.451. The van der Waals surface area contributed by atoms with Crippen molar-refractivity contribution in [2.75, 3.05) is 25.1 Å². The van der Waals surface area contributed by atoms with Gasteiger partial charge in [-0.15, -0.1) is 0 Å². The van der Waals surface area contributed by atoms with Crippen LogP contribution in [0.1, 0.15) is 43.0 Å². The average Bonchev–Trinajstić information content (AvgIpc) is 3.27. The minimum Gasteiger partial charge on any atom is -0.494 e. The van der Waals surface area contributed by atoms with Crippen LogP contribution < -0.4 is 14.8 Å². The number of hydrogen-bond acceptors (Lipinski definition) is 5. The molecule has 1 heterocycles. The van der Waals surface area contributed by atoms with Gasteiger partial charge in [0.05, 0.1) is 17.6 Å². The highest BCUT2D eigenvalue weighted by molar-refractivity contribution is 7.89. The number of hydrogen-bond donors (Lipinski definition) is 2.